The monoisotopic (exact) mass is 1030 g/mol. The largest absolute Gasteiger partial charge is 0.472 e. The predicted molar refractivity (Wildman–Crippen MR) is 298 cm³/mol. The van der Waals surface area contributed by atoms with Crippen LogP contribution in [0.1, 0.15) is 239 Å². The molecule has 0 saturated carbocycles. The maximum absolute atomic E-state index is 12.9. The molecule has 0 heterocycles. The first kappa shape index (κ1) is 68.7. The third kappa shape index (κ3) is 51.6. The van der Waals surface area contributed by atoms with Crippen molar-refractivity contribution in [1.29, 1.82) is 0 Å². The van der Waals surface area contributed by atoms with Gasteiger partial charge in [0.1, 0.15) is 12.7 Å². The fourth-order valence-electron chi connectivity index (χ4n) is 7.54. The second-order valence-corrected chi connectivity index (χ2v) is 20.1. The Hall–Kier alpha value is -3.34. The van der Waals surface area contributed by atoms with Crippen molar-refractivity contribution in [3.8, 4) is 0 Å². The van der Waals surface area contributed by atoms with E-state index < -0.39 is 57.8 Å². The SMILES string of the molecule is CC/C=C\C/C=C\C/C=C\C/C=C\CCCCCCC(=O)OC(COC(=O)CCCCCCC/C=C\C/C=C\C/C=C\CC)COP(=O)(O)OCC(CO)OC(=O)CCCCCCCCCCCCCCC. The Labute approximate surface area is 439 Å². The van der Waals surface area contributed by atoms with Gasteiger partial charge in [0.2, 0.25) is 0 Å². The van der Waals surface area contributed by atoms with Gasteiger partial charge in [0.15, 0.2) is 6.10 Å². The first-order chi connectivity index (χ1) is 35.2. The minimum atomic E-state index is -4.76. The molecule has 0 aliphatic rings. The van der Waals surface area contributed by atoms with E-state index in [1.165, 1.54) is 57.8 Å². The lowest BCUT2D eigenvalue weighted by molar-refractivity contribution is -0.161. The van der Waals surface area contributed by atoms with Crippen molar-refractivity contribution in [1.82, 2.24) is 0 Å². The number of carbonyl (C=O) groups excluding carboxylic acids is 3. The highest BCUT2D eigenvalue weighted by atomic mass is 31.2. The lowest BCUT2D eigenvalue weighted by Gasteiger charge is -2.21. The van der Waals surface area contributed by atoms with Crippen molar-refractivity contribution in [2.24, 2.45) is 0 Å². The number of carbonyl (C=O) groups is 3. The van der Waals surface area contributed by atoms with Crippen LogP contribution in [0.3, 0.4) is 0 Å². The van der Waals surface area contributed by atoms with Gasteiger partial charge in [0.25, 0.3) is 0 Å². The average Bonchev–Trinajstić information content (AvgIpc) is 3.37. The van der Waals surface area contributed by atoms with Gasteiger partial charge in [-0.25, -0.2) is 4.57 Å². The van der Waals surface area contributed by atoms with Gasteiger partial charge in [-0.2, -0.15) is 0 Å². The predicted octanol–water partition coefficient (Wildman–Crippen LogP) is 16.7. The minimum absolute atomic E-state index is 0.133. The van der Waals surface area contributed by atoms with E-state index in [0.29, 0.717) is 19.3 Å². The summed E-state index contributed by atoms with van der Waals surface area (Å²) in [5, 5.41) is 9.80. The minimum Gasteiger partial charge on any atom is -0.462 e. The van der Waals surface area contributed by atoms with Gasteiger partial charge in [0.05, 0.1) is 19.8 Å². The van der Waals surface area contributed by atoms with E-state index in [0.717, 1.165) is 122 Å². The van der Waals surface area contributed by atoms with Gasteiger partial charge in [-0.05, 0) is 89.9 Å². The van der Waals surface area contributed by atoms with Gasteiger partial charge in [-0.1, -0.05) is 215 Å². The van der Waals surface area contributed by atoms with Crippen LogP contribution in [0, 0.1) is 0 Å². The molecular formula is C60H103O11P. The van der Waals surface area contributed by atoms with Crippen LogP contribution in [-0.2, 0) is 42.2 Å². The molecule has 0 amide bonds. The van der Waals surface area contributed by atoms with Crippen LogP contribution in [0.2, 0.25) is 0 Å². The number of phosphoric acid groups is 1. The fourth-order valence-corrected chi connectivity index (χ4v) is 8.32. The first-order valence-electron chi connectivity index (χ1n) is 28.5. The molecule has 0 aromatic carbocycles. The number of aliphatic hydroxyl groups is 1. The smallest absolute Gasteiger partial charge is 0.462 e. The molecular weight excluding hydrogens is 928 g/mol. The summed E-state index contributed by atoms with van der Waals surface area (Å²) in [7, 11) is -4.76. The van der Waals surface area contributed by atoms with Crippen molar-refractivity contribution < 1.29 is 52.2 Å². The highest BCUT2D eigenvalue weighted by molar-refractivity contribution is 7.47. The molecule has 0 rings (SSSR count). The molecule has 3 atom stereocenters. The van der Waals surface area contributed by atoms with Crippen LogP contribution in [0.25, 0.3) is 0 Å². The Kier molecular flexibility index (Phi) is 51.4. The molecule has 11 nitrogen and oxygen atoms in total. The van der Waals surface area contributed by atoms with E-state index in [2.05, 4.69) is 106 Å². The van der Waals surface area contributed by atoms with Gasteiger partial charge < -0.3 is 24.2 Å². The number of esters is 3. The Morgan fingerprint density at radius 3 is 1.11 bits per heavy atom. The van der Waals surface area contributed by atoms with E-state index in [4.69, 9.17) is 23.3 Å². The number of unbranched alkanes of at least 4 members (excludes halogenated alkanes) is 21. The van der Waals surface area contributed by atoms with Crippen LogP contribution in [0.15, 0.2) is 85.1 Å². The number of phosphoric ester groups is 1. The highest BCUT2D eigenvalue weighted by Crippen LogP contribution is 2.43. The molecule has 0 aliphatic carbocycles. The molecule has 72 heavy (non-hydrogen) atoms. The number of rotatable bonds is 52. The molecule has 3 unspecified atom stereocenters. The third-order valence-corrected chi connectivity index (χ3v) is 12.8. The zero-order valence-electron chi connectivity index (χ0n) is 45.6. The second-order valence-electron chi connectivity index (χ2n) is 18.7. The van der Waals surface area contributed by atoms with Crippen molar-refractivity contribution in [3.05, 3.63) is 85.1 Å². The van der Waals surface area contributed by atoms with E-state index >= 15 is 0 Å². The Bertz CT molecular complexity index is 1530. The summed E-state index contributed by atoms with van der Waals surface area (Å²) in [4.78, 5) is 48.5. The van der Waals surface area contributed by atoms with Crippen LogP contribution in [0.4, 0.5) is 0 Å². The summed E-state index contributed by atoms with van der Waals surface area (Å²) in [6.45, 7) is 4.37. The summed E-state index contributed by atoms with van der Waals surface area (Å²) in [5.41, 5.74) is 0. The number of allylic oxidation sites excluding steroid dienone is 14. The number of hydrogen-bond donors (Lipinski definition) is 2. The summed E-state index contributed by atoms with van der Waals surface area (Å²) in [6.07, 6.45) is 61.1. The molecule has 0 bridgehead atoms. The molecule has 0 aromatic rings. The summed E-state index contributed by atoms with van der Waals surface area (Å²) in [5.74, 6) is -1.51. The van der Waals surface area contributed by atoms with Gasteiger partial charge in [-0.15, -0.1) is 0 Å². The summed E-state index contributed by atoms with van der Waals surface area (Å²) in [6, 6.07) is 0. The first-order valence-corrected chi connectivity index (χ1v) is 30.0. The van der Waals surface area contributed by atoms with Gasteiger partial charge >= 0.3 is 25.7 Å². The molecule has 0 spiro atoms. The molecule has 12 heteroatoms. The standard InChI is InChI=1S/C60H103O11P/c1-4-7-10-13-16-19-22-25-27-28-30-33-36-39-42-45-48-51-60(64)71-57(53-67-58(62)49-46-43-40-37-34-32-29-26-23-20-17-14-11-8-5-2)55-69-72(65,66)68-54-56(52-61)70-59(63)50-47-44-41-38-35-31-24-21-18-15-12-9-6-3/h7-8,10-11,16-17,19-20,25-27,29-30,33,56-57,61H,4-6,9,12-15,18,21-24,28,31-32,34-55H2,1-3H3,(H,65,66)/b10-7-,11-8-,19-16-,20-17-,27-25-,29-26-,33-30-. The van der Waals surface area contributed by atoms with E-state index in [-0.39, 0.29) is 25.9 Å². The Morgan fingerprint density at radius 2 is 0.722 bits per heavy atom. The Balaban J connectivity index is 4.80. The lowest BCUT2D eigenvalue weighted by Crippen LogP contribution is -2.30. The summed E-state index contributed by atoms with van der Waals surface area (Å²) >= 11 is 0. The molecule has 414 valence electrons. The zero-order valence-corrected chi connectivity index (χ0v) is 46.5. The zero-order chi connectivity index (χ0) is 52.7. The van der Waals surface area contributed by atoms with Crippen LogP contribution in [-0.4, -0.2) is 66.5 Å². The molecule has 0 radical (unpaired) electrons. The number of hydrogen-bond acceptors (Lipinski definition) is 10. The maximum Gasteiger partial charge on any atom is 0.472 e. The molecule has 0 saturated heterocycles. The third-order valence-electron chi connectivity index (χ3n) is 11.8. The van der Waals surface area contributed by atoms with E-state index in [1.807, 2.05) is 0 Å². The van der Waals surface area contributed by atoms with E-state index in [9.17, 15) is 28.9 Å². The van der Waals surface area contributed by atoms with Crippen molar-refractivity contribution in [3.63, 3.8) is 0 Å². The average molecular weight is 1030 g/mol. The Morgan fingerprint density at radius 1 is 0.403 bits per heavy atom. The van der Waals surface area contributed by atoms with Crippen molar-refractivity contribution in [2.75, 3.05) is 26.4 Å². The molecule has 0 aromatic heterocycles. The molecule has 0 aliphatic heterocycles. The molecule has 2 N–H and O–H groups in total. The van der Waals surface area contributed by atoms with Gasteiger partial charge in [0, 0.05) is 19.3 Å². The lowest BCUT2D eigenvalue weighted by atomic mass is 10.0. The second kappa shape index (κ2) is 53.9. The van der Waals surface area contributed by atoms with Crippen LogP contribution in [0.5, 0.6) is 0 Å². The van der Waals surface area contributed by atoms with Crippen molar-refractivity contribution in [2.45, 2.75) is 251 Å². The van der Waals surface area contributed by atoms with Gasteiger partial charge in [-0.3, -0.25) is 23.4 Å². The van der Waals surface area contributed by atoms with Crippen LogP contribution >= 0.6 is 7.82 Å². The topological polar surface area (TPSA) is 155 Å². The fraction of sp³-hybridized carbons (Fsp3) is 0.717. The van der Waals surface area contributed by atoms with Crippen molar-refractivity contribution >= 4 is 25.7 Å². The highest BCUT2D eigenvalue weighted by Gasteiger charge is 2.28. The quantitative estimate of drug-likeness (QED) is 0.0197. The van der Waals surface area contributed by atoms with E-state index in [1.54, 1.807) is 0 Å². The molecule has 0 fully saturated rings. The van der Waals surface area contributed by atoms with Crippen LogP contribution < -0.4 is 0 Å². The number of aliphatic hydroxyl groups excluding tert-OH is 1. The summed E-state index contributed by atoms with van der Waals surface area (Å²) < 4.78 is 39.5. The maximum atomic E-state index is 12.9. The number of ether oxygens (including phenoxy) is 3. The normalized spacial score (nSPS) is 14.0.